The van der Waals surface area contributed by atoms with Gasteiger partial charge in [-0.15, -0.1) is 4.68 Å². The van der Waals surface area contributed by atoms with Gasteiger partial charge in [-0.25, -0.2) is 4.39 Å². The van der Waals surface area contributed by atoms with Gasteiger partial charge in [-0.1, -0.05) is 30.3 Å². The molecule has 1 heterocycles. The molecular weight excluding hydrogens is 331 g/mol. The van der Waals surface area contributed by atoms with E-state index in [1.807, 2.05) is 31.3 Å². The lowest BCUT2D eigenvalue weighted by atomic mass is 9.98. The Bertz CT molecular complexity index is 655. The molecule has 2 nitrogen and oxygen atoms in total. The molecule has 1 unspecified atom stereocenters. The predicted octanol–water partition coefficient (Wildman–Crippen LogP) is 0.253. The van der Waals surface area contributed by atoms with E-state index in [-0.39, 0.29) is 28.8 Å². The summed E-state index contributed by atoms with van der Waals surface area (Å²) in [4.78, 5) is 0. The number of hydrogen-bond acceptors (Lipinski definition) is 1. The van der Waals surface area contributed by atoms with Crippen LogP contribution in [0, 0.1) is 5.82 Å². The summed E-state index contributed by atoms with van der Waals surface area (Å²) in [6.07, 6.45) is 0.889. The minimum absolute atomic E-state index is 0. The Morgan fingerprint density at radius 1 is 1.10 bits per heavy atom. The van der Waals surface area contributed by atoms with Crippen LogP contribution in [0.25, 0.3) is 0 Å². The van der Waals surface area contributed by atoms with Gasteiger partial charge in [-0.05, 0) is 29.8 Å². The number of hydrazine groups is 1. The maximum atomic E-state index is 13.4. The van der Waals surface area contributed by atoms with Crippen LogP contribution >= 0.6 is 0 Å². The Labute approximate surface area is 135 Å². The monoisotopic (exact) mass is 348 g/mol. The molecule has 1 aliphatic heterocycles. The van der Waals surface area contributed by atoms with Crippen molar-refractivity contribution < 1.29 is 26.1 Å². The van der Waals surface area contributed by atoms with E-state index in [0.717, 1.165) is 12.0 Å². The van der Waals surface area contributed by atoms with Gasteiger partial charge >= 0.3 is 0 Å². The second-order valence-corrected chi connectivity index (χ2v) is 5.18. The lowest BCUT2D eigenvalue weighted by Crippen LogP contribution is -3.00. The van der Waals surface area contributed by atoms with E-state index in [9.17, 15) is 4.39 Å². The Kier molecular flexibility index (Phi) is 4.78. The summed E-state index contributed by atoms with van der Waals surface area (Å²) in [7, 11) is 4.10. The molecule has 4 heteroatoms. The van der Waals surface area contributed by atoms with Gasteiger partial charge in [0.15, 0.2) is 7.05 Å². The highest BCUT2D eigenvalue weighted by atomic mass is 79.9. The average Bonchev–Trinajstić information content (AvgIpc) is 2.76. The van der Waals surface area contributed by atoms with Crippen molar-refractivity contribution in [2.75, 3.05) is 14.1 Å². The summed E-state index contributed by atoms with van der Waals surface area (Å²) in [5.74, 6) is -0.174. The Morgan fingerprint density at radius 2 is 1.81 bits per heavy atom. The third-order valence-electron chi connectivity index (χ3n) is 4.04. The maximum Gasteiger partial charge on any atom is 0.215 e. The van der Waals surface area contributed by atoms with Gasteiger partial charge in [-0.2, -0.15) is 5.01 Å². The highest BCUT2D eigenvalue weighted by Crippen LogP contribution is 2.30. The fourth-order valence-corrected chi connectivity index (χ4v) is 2.83. The Hall–Kier alpha value is -1.68. The van der Waals surface area contributed by atoms with E-state index in [0.29, 0.717) is 0 Å². The molecule has 0 amide bonds. The fourth-order valence-electron chi connectivity index (χ4n) is 2.83. The van der Waals surface area contributed by atoms with Crippen LogP contribution in [-0.4, -0.2) is 29.5 Å². The first kappa shape index (κ1) is 15.7. The number of hydrogen-bond donors (Lipinski definition) is 0. The van der Waals surface area contributed by atoms with Crippen LogP contribution in [0.4, 0.5) is 4.39 Å². The van der Waals surface area contributed by atoms with Crippen molar-refractivity contribution in [2.45, 2.75) is 12.5 Å². The zero-order valence-electron chi connectivity index (χ0n) is 12.1. The van der Waals surface area contributed by atoms with Gasteiger partial charge < -0.3 is 17.0 Å². The molecule has 0 aliphatic carbocycles. The van der Waals surface area contributed by atoms with Gasteiger partial charge in [0.2, 0.25) is 5.71 Å². The molecule has 0 aromatic heterocycles. The number of benzene rings is 2. The van der Waals surface area contributed by atoms with E-state index in [1.54, 1.807) is 12.1 Å². The van der Waals surface area contributed by atoms with E-state index in [2.05, 4.69) is 28.9 Å². The van der Waals surface area contributed by atoms with Crippen molar-refractivity contribution >= 4 is 5.71 Å². The third kappa shape index (κ3) is 3.00. The molecule has 110 valence electrons. The molecule has 0 fully saturated rings. The minimum Gasteiger partial charge on any atom is -1.00 e. The molecule has 21 heavy (non-hydrogen) atoms. The van der Waals surface area contributed by atoms with E-state index in [4.69, 9.17) is 0 Å². The van der Waals surface area contributed by atoms with Crippen LogP contribution < -0.4 is 17.0 Å². The highest BCUT2D eigenvalue weighted by molar-refractivity contribution is 5.97. The van der Waals surface area contributed by atoms with E-state index < -0.39 is 0 Å². The molecule has 1 atom stereocenters. The van der Waals surface area contributed by atoms with Crippen LogP contribution in [0.15, 0.2) is 54.6 Å². The van der Waals surface area contributed by atoms with Crippen molar-refractivity contribution in [3.8, 4) is 0 Å². The molecule has 1 aliphatic rings. The molecule has 2 aromatic carbocycles. The quantitative estimate of drug-likeness (QED) is 0.705. The van der Waals surface area contributed by atoms with Gasteiger partial charge in [0.1, 0.15) is 11.9 Å². The molecule has 2 aromatic rings. The van der Waals surface area contributed by atoms with Gasteiger partial charge in [0.25, 0.3) is 0 Å². The molecule has 0 spiro atoms. The van der Waals surface area contributed by atoms with Crippen LogP contribution in [0.3, 0.4) is 0 Å². The number of rotatable bonds is 2. The van der Waals surface area contributed by atoms with Crippen LogP contribution in [0.5, 0.6) is 0 Å². The zero-order valence-corrected chi connectivity index (χ0v) is 13.7. The molecule has 0 saturated carbocycles. The first-order valence-corrected chi connectivity index (χ1v) is 6.80. The molecule has 0 N–H and O–H groups in total. The van der Waals surface area contributed by atoms with E-state index >= 15 is 0 Å². The van der Waals surface area contributed by atoms with E-state index in [1.165, 1.54) is 17.3 Å². The van der Waals surface area contributed by atoms with Crippen molar-refractivity contribution in [1.82, 2.24) is 5.01 Å². The second kappa shape index (κ2) is 6.39. The van der Waals surface area contributed by atoms with Crippen molar-refractivity contribution in [2.24, 2.45) is 0 Å². The largest absolute Gasteiger partial charge is 1.00 e. The Balaban J connectivity index is 0.00000161. The number of nitrogens with zero attached hydrogens (tertiary/aromatic N) is 2. The maximum absolute atomic E-state index is 13.4. The molecule has 0 bridgehead atoms. The molecule has 0 radical (unpaired) electrons. The summed E-state index contributed by atoms with van der Waals surface area (Å²) in [6.45, 7) is 0. The SMILES string of the molecule is CN1C(c2cccc(F)c2)CC(c2ccccc2)=[N+]1C.[Br-]. The molecule has 3 rings (SSSR count). The number of halogens is 2. The van der Waals surface area contributed by atoms with Gasteiger partial charge in [0, 0.05) is 5.56 Å². The highest BCUT2D eigenvalue weighted by Gasteiger charge is 2.36. The van der Waals surface area contributed by atoms with Gasteiger partial charge in [-0.3, -0.25) is 0 Å². The fraction of sp³-hybridized carbons (Fsp3) is 0.235. The normalized spacial score (nSPS) is 17.9. The van der Waals surface area contributed by atoms with Crippen LogP contribution in [0.2, 0.25) is 0 Å². The van der Waals surface area contributed by atoms with Crippen molar-refractivity contribution in [1.29, 1.82) is 0 Å². The Morgan fingerprint density at radius 3 is 2.48 bits per heavy atom. The minimum atomic E-state index is -0.174. The summed E-state index contributed by atoms with van der Waals surface area (Å²) in [6, 6.07) is 17.4. The lowest BCUT2D eigenvalue weighted by Gasteiger charge is -2.17. The van der Waals surface area contributed by atoms with Crippen LogP contribution in [0.1, 0.15) is 23.6 Å². The smallest absolute Gasteiger partial charge is 0.215 e. The zero-order chi connectivity index (χ0) is 14.1. The lowest BCUT2D eigenvalue weighted by molar-refractivity contribution is -0.660. The summed E-state index contributed by atoms with van der Waals surface area (Å²) >= 11 is 0. The van der Waals surface area contributed by atoms with Crippen molar-refractivity contribution in [3.05, 3.63) is 71.5 Å². The van der Waals surface area contributed by atoms with Crippen molar-refractivity contribution in [3.63, 3.8) is 0 Å². The summed E-state index contributed by atoms with van der Waals surface area (Å²) < 4.78 is 15.6. The topological polar surface area (TPSA) is 6.25 Å². The standard InChI is InChI=1S/C17H18FN2.BrH/c1-19-16(13-7-4-3-5-8-13)12-17(20(19)2)14-9-6-10-15(18)11-14;/h3-11,17H,12H2,1-2H3;1H/q+1;/p-1. The third-order valence-corrected chi connectivity index (χ3v) is 4.04. The first-order chi connectivity index (χ1) is 9.66. The van der Waals surface area contributed by atoms with Crippen LogP contribution in [-0.2, 0) is 0 Å². The average molecular weight is 349 g/mol. The van der Waals surface area contributed by atoms with Gasteiger partial charge in [0.05, 0.1) is 13.5 Å². The first-order valence-electron chi connectivity index (χ1n) is 6.80. The predicted molar refractivity (Wildman–Crippen MR) is 78.3 cm³/mol. The summed E-state index contributed by atoms with van der Waals surface area (Å²) in [5.41, 5.74) is 3.51. The second-order valence-electron chi connectivity index (χ2n) is 5.18. The summed E-state index contributed by atoms with van der Waals surface area (Å²) in [5, 5.41) is 2.16. The number of hydrazone groups is 1. The molecular formula is C17H18BrFN2. The molecule has 0 saturated heterocycles.